The Bertz CT molecular complexity index is 980. The summed E-state index contributed by atoms with van der Waals surface area (Å²) in [6, 6.07) is 8.09. The van der Waals surface area contributed by atoms with E-state index in [4.69, 9.17) is 9.47 Å². The number of benzene rings is 2. The maximum absolute atomic E-state index is 14.1. The minimum absolute atomic E-state index is 0.00864. The van der Waals surface area contributed by atoms with Gasteiger partial charge in [0, 0.05) is 19.0 Å². The first kappa shape index (κ1) is 22.5. The second kappa shape index (κ2) is 9.32. The van der Waals surface area contributed by atoms with E-state index in [1.54, 1.807) is 19.2 Å². The Balaban J connectivity index is 1.68. The lowest BCUT2D eigenvalue weighted by atomic mass is 10.0. The number of halogens is 2. The van der Waals surface area contributed by atoms with Gasteiger partial charge in [-0.2, -0.15) is 0 Å². The van der Waals surface area contributed by atoms with E-state index in [0.29, 0.717) is 11.5 Å². The van der Waals surface area contributed by atoms with Crippen molar-refractivity contribution < 1.29 is 27.8 Å². The summed E-state index contributed by atoms with van der Waals surface area (Å²) < 4.78 is 38.3. The van der Waals surface area contributed by atoms with Crippen LogP contribution in [0.3, 0.4) is 0 Å². The molecule has 0 bridgehead atoms. The van der Waals surface area contributed by atoms with Crippen molar-refractivity contribution >= 4 is 17.5 Å². The fourth-order valence-corrected chi connectivity index (χ4v) is 3.54. The Morgan fingerprint density at radius 1 is 1.13 bits per heavy atom. The van der Waals surface area contributed by atoms with Crippen LogP contribution in [0.15, 0.2) is 36.4 Å². The molecule has 0 saturated carbocycles. The van der Waals surface area contributed by atoms with Gasteiger partial charge in [0.15, 0.2) is 11.5 Å². The molecule has 2 aromatic rings. The summed E-state index contributed by atoms with van der Waals surface area (Å²) in [5, 5.41) is 2.90. The minimum atomic E-state index is -0.835. The van der Waals surface area contributed by atoms with Crippen molar-refractivity contribution in [2.24, 2.45) is 5.92 Å². The minimum Gasteiger partial charge on any atom is -0.493 e. The predicted molar refractivity (Wildman–Crippen MR) is 112 cm³/mol. The SMILES string of the molecule is COc1cc(C(C)NC(=O)C2CC(=O)N(c3ccc(F)cc3F)C2)ccc1OC(C)C. The molecule has 0 spiro atoms. The number of rotatable bonds is 7. The van der Waals surface area contributed by atoms with E-state index in [9.17, 15) is 18.4 Å². The first-order valence-corrected chi connectivity index (χ1v) is 10.1. The zero-order chi connectivity index (χ0) is 22.7. The summed E-state index contributed by atoms with van der Waals surface area (Å²) in [7, 11) is 1.54. The molecule has 3 rings (SSSR count). The highest BCUT2D eigenvalue weighted by molar-refractivity contribution is 6.00. The largest absolute Gasteiger partial charge is 0.493 e. The molecule has 1 saturated heterocycles. The van der Waals surface area contributed by atoms with E-state index in [-0.39, 0.29) is 42.6 Å². The number of nitrogens with one attached hydrogen (secondary N) is 1. The predicted octanol–water partition coefficient (Wildman–Crippen LogP) is 3.99. The molecular weight excluding hydrogens is 406 g/mol. The molecule has 8 heteroatoms. The van der Waals surface area contributed by atoms with Crippen molar-refractivity contribution in [3.63, 3.8) is 0 Å². The third-order valence-electron chi connectivity index (χ3n) is 5.11. The van der Waals surface area contributed by atoms with Gasteiger partial charge in [0.1, 0.15) is 11.6 Å². The average Bonchev–Trinajstić information content (AvgIpc) is 3.09. The van der Waals surface area contributed by atoms with Crippen LogP contribution in [0.1, 0.15) is 38.8 Å². The quantitative estimate of drug-likeness (QED) is 0.719. The normalized spacial score (nSPS) is 17.1. The van der Waals surface area contributed by atoms with Crippen molar-refractivity contribution in [2.75, 3.05) is 18.6 Å². The van der Waals surface area contributed by atoms with Crippen molar-refractivity contribution in [1.82, 2.24) is 5.32 Å². The number of amides is 2. The summed E-state index contributed by atoms with van der Waals surface area (Å²) in [6.07, 6.45) is -0.0504. The van der Waals surface area contributed by atoms with E-state index in [2.05, 4.69) is 5.32 Å². The zero-order valence-electron chi connectivity index (χ0n) is 17.9. The number of methoxy groups -OCH3 is 1. The molecule has 0 aliphatic carbocycles. The average molecular weight is 432 g/mol. The molecule has 2 unspecified atom stereocenters. The lowest BCUT2D eigenvalue weighted by Gasteiger charge is -2.20. The number of ether oxygens (including phenoxy) is 2. The van der Waals surface area contributed by atoms with Gasteiger partial charge in [-0.15, -0.1) is 0 Å². The van der Waals surface area contributed by atoms with Crippen LogP contribution in [0.25, 0.3) is 0 Å². The van der Waals surface area contributed by atoms with E-state index in [0.717, 1.165) is 17.7 Å². The highest BCUT2D eigenvalue weighted by Gasteiger charge is 2.36. The Morgan fingerprint density at radius 3 is 2.52 bits per heavy atom. The number of carbonyl (C=O) groups is 2. The zero-order valence-corrected chi connectivity index (χ0v) is 17.9. The van der Waals surface area contributed by atoms with E-state index in [1.165, 1.54) is 11.0 Å². The number of nitrogens with zero attached hydrogens (tertiary/aromatic N) is 1. The lowest BCUT2D eigenvalue weighted by Crippen LogP contribution is -2.34. The lowest BCUT2D eigenvalue weighted by molar-refractivity contribution is -0.126. The van der Waals surface area contributed by atoms with E-state index in [1.807, 2.05) is 26.8 Å². The van der Waals surface area contributed by atoms with E-state index < -0.39 is 17.6 Å². The molecule has 2 amide bonds. The summed E-state index contributed by atoms with van der Waals surface area (Å²) in [5.41, 5.74) is 0.785. The molecule has 166 valence electrons. The maximum atomic E-state index is 14.1. The van der Waals surface area contributed by atoms with Gasteiger partial charge in [0.25, 0.3) is 0 Å². The second-order valence-corrected chi connectivity index (χ2v) is 7.81. The van der Waals surface area contributed by atoms with Gasteiger partial charge in [-0.3, -0.25) is 9.59 Å². The van der Waals surface area contributed by atoms with Crippen LogP contribution in [0, 0.1) is 17.6 Å². The highest BCUT2D eigenvalue weighted by atomic mass is 19.1. The summed E-state index contributed by atoms with van der Waals surface area (Å²) >= 11 is 0. The van der Waals surface area contributed by atoms with Gasteiger partial charge in [-0.1, -0.05) is 6.07 Å². The topological polar surface area (TPSA) is 67.9 Å². The first-order valence-electron chi connectivity index (χ1n) is 10.1. The summed E-state index contributed by atoms with van der Waals surface area (Å²) in [5.74, 6) is -1.72. The number of hydrogen-bond donors (Lipinski definition) is 1. The number of anilines is 1. The van der Waals surface area contributed by atoms with Crippen LogP contribution < -0.4 is 19.7 Å². The maximum Gasteiger partial charge on any atom is 0.227 e. The third-order valence-corrected chi connectivity index (χ3v) is 5.11. The van der Waals surface area contributed by atoms with Crippen LogP contribution in [-0.4, -0.2) is 31.6 Å². The van der Waals surface area contributed by atoms with Gasteiger partial charge >= 0.3 is 0 Å². The molecule has 6 nitrogen and oxygen atoms in total. The molecule has 2 atom stereocenters. The van der Waals surface area contributed by atoms with Crippen LogP contribution in [-0.2, 0) is 9.59 Å². The second-order valence-electron chi connectivity index (χ2n) is 7.81. The van der Waals surface area contributed by atoms with Crippen molar-refractivity contribution in [3.8, 4) is 11.5 Å². The molecule has 1 heterocycles. The van der Waals surface area contributed by atoms with Crippen LogP contribution in [0.2, 0.25) is 0 Å². The molecule has 0 radical (unpaired) electrons. The van der Waals surface area contributed by atoms with Crippen LogP contribution in [0.4, 0.5) is 14.5 Å². The third kappa shape index (κ3) is 5.13. The van der Waals surface area contributed by atoms with Gasteiger partial charge in [0.05, 0.1) is 30.9 Å². The van der Waals surface area contributed by atoms with Gasteiger partial charge < -0.3 is 19.7 Å². The Kier molecular flexibility index (Phi) is 6.77. The molecule has 2 aromatic carbocycles. The number of hydrogen-bond acceptors (Lipinski definition) is 4. The molecular formula is C23H26F2N2O4. The molecule has 1 aliphatic rings. The smallest absolute Gasteiger partial charge is 0.227 e. The van der Waals surface area contributed by atoms with E-state index >= 15 is 0 Å². The van der Waals surface area contributed by atoms with Crippen LogP contribution in [0.5, 0.6) is 11.5 Å². The Morgan fingerprint density at radius 2 is 1.87 bits per heavy atom. The number of carbonyl (C=O) groups excluding carboxylic acids is 2. The first-order chi connectivity index (χ1) is 14.7. The van der Waals surface area contributed by atoms with Gasteiger partial charge in [-0.25, -0.2) is 8.78 Å². The molecule has 31 heavy (non-hydrogen) atoms. The van der Waals surface area contributed by atoms with Gasteiger partial charge in [-0.05, 0) is 50.6 Å². The molecule has 1 fully saturated rings. The molecule has 1 N–H and O–H groups in total. The van der Waals surface area contributed by atoms with Crippen LogP contribution >= 0.6 is 0 Å². The standard InChI is InChI=1S/C23H26F2N2O4/c1-13(2)31-20-8-5-15(9-21(20)30-4)14(3)26-23(29)16-10-22(28)27(12-16)19-7-6-17(24)11-18(19)25/h5-9,11,13-14,16H,10,12H2,1-4H3,(H,26,29). The molecule has 0 aromatic heterocycles. The summed E-state index contributed by atoms with van der Waals surface area (Å²) in [4.78, 5) is 26.3. The molecule has 1 aliphatic heterocycles. The van der Waals surface area contributed by atoms with Gasteiger partial charge in [0.2, 0.25) is 11.8 Å². The van der Waals surface area contributed by atoms with Crippen molar-refractivity contribution in [1.29, 1.82) is 0 Å². The Labute approximate surface area is 180 Å². The van der Waals surface area contributed by atoms with Crippen molar-refractivity contribution in [2.45, 2.75) is 39.3 Å². The fourth-order valence-electron chi connectivity index (χ4n) is 3.54. The Hall–Kier alpha value is -3.16. The summed E-state index contributed by atoms with van der Waals surface area (Å²) in [6.45, 7) is 5.69. The van der Waals surface area contributed by atoms with Crippen molar-refractivity contribution in [3.05, 3.63) is 53.6 Å². The monoisotopic (exact) mass is 432 g/mol. The highest BCUT2D eigenvalue weighted by Crippen LogP contribution is 2.32. The fraction of sp³-hybridized carbons (Fsp3) is 0.391.